The number of carbonyl (C=O) groups is 1. The van der Waals surface area contributed by atoms with E-state index < -0.39 is 17.2 Å². The second-order valence-corrected chi connectivity index (χ2v) is 7.34. The smallest absolute Gasteiger partial charge is 0.294 e. The summed E-state index contributed by atoms with van der Waals surface area (Å²) < 4.78 is 0. The van der Waals surface area contributed by atoms with Crippen LogP contribution in [0.4, 0.5) is 0 Å². The van der Waals surface area contributed by atoms with Crippen LogP contribution in [0.15, 0.2) is 64.8 Å². The summed E-state index contributed by atoms with van der Waals surface area (Å²) in [6.45, 7) is 0.322. The molecule has 0 spiro atoms. The van der Waals surface area contributed by atoms with Gasteiger partial charge in [-0.25, -0.2) is 4.98 Å². The van der Waals surface area contributed by atoms with Crippen LogP contribution in [0.1, 0.15) is 16.1 Å². The van der Waals surface area contributed by atoms with Crippen LogP contribution >= 0.6 is 11.3 Å². The Kier molecular flexibility index (Phi) is 4.67. The van der Waals surface area contributed by atoms with Gasteiger partial charge in [0, 0.05) is 13.6 Å². The summed E-state index contributed by atoms with van der Waals surface area (Å²) in [5.74, 6) is -0.927. The number of nitrogens with zero attached hydrogens (tertiary/aromatic N) is 2. The maximum Gasteiger partial charge on any atom is 0.294 e. The molecule has 0 aliphatic carbocycles. The molecule has 4 rings (SSSR count). The van der Waals surface area contributed by atoms with Crippen molar-refractivity contribution in [2.75, 3.05) is 7.05 Å². The number of benzene rings is 2. The molecule has 0 fully saturated rings. The molecule has 0 saturated carbocycles. The lowest BCUT2D eigenvalue weighted by molar-refractivity contribution is 0.0776. The molecule has 7 heteroatoms. The van der Waals surface area contributed by atoms with Crippen molar-refractivity contribution in [1.82, 2.24) is 14.9 Å². The van der Waals surface area contributed by atoms with Crippen molar-refractivity contribution in [3.05, 3.63) is 81.6 Å². The van der Waals surface area contributed by atoms with Crippen molar-refractivity contribution in [3.63, 3.8) is 0 Å². The highest BCUT2D eigenvalue weighted by molar-refractivity contribution is 7.13. The first-order valence-corrected chi connectivity index (χ1v) is 9.52. The number of aromatic amines is 1. The Balaban J connectivity index is 1.68. The van der Waals surface area contributed by atoms with Gasteiger partial charge in [0.1, 0.15) is 0 Å². The van der Waals surface area contributed by atoms with Gasteiger partial charge in [-0.1, -0.05) is 48.5 Å². The van der Waals surface area contributed by atoms with Crippen molar-refractivity contribution in [2.45, 2.75) is 6.54 Å². The Morgan fingerprint density at radius 3 is 2.71 bits per heavy atom. The first-order chi connectivity index (χ1) is 13.5. The predicted octanol–water partition coefficient (Wildman–Crippen LogP) is 3.63. The molecule has 4 aromatic rings. The molecule has 1 amide bonds. The number of fused-ring (bicyclic) bond motifs is 1. The summed E-state index contributed by atoms with van der Waals surface area (Å²) in [6, 6.07) is 17.4. The lowest BCUT2D eigenvalue weighted by Gasteiger charge is -2.18. The normalized spacial score (nSPS) is 10.9. The zero-order chi connectivity index (χ0) is 19.7. The molecule has 0 aliphatic heterocycles. The van der Waals surface area contributed by atoms with E-state index >= 15 is 0 Å². The quantitative estimate of drug-likeness (QED) is 0.556. The van der Waals surface area contributed by atoms with Crippen molar-refractivity contribution < 1.29 is 9.90 Å². The Labute approximate surface area is 164 Å². The highest BCUT2D eigenvalue weighted by Crippen LogP contribution is 2.24. The van der Waals surface area contributed by atoms with Crippen molar-refractivity contribution in [3.8, 4) is 16.5 Å². The van der Waals surface area contributed by atoms with Gasteiger partial charge in [-0.15, -0.1) is 11.3 Å². The van der Waals surface area contributed by atoms with Crippen molar-refractivity contribution >= 4 is 28.0 Å². The third-order valence-corrected chi connectivity index (χ3v) is 5.36. The Morgan fingerprint density at radius 1 is 1.14 bits per heavy atom. The molecule has 0 bridgehead atoms. The minimum absolute atomic E-state index is 0.255. The topological polar surface area (TPSA) is 86.3 Å². The Bertz CT molecular complexity index is 1210. The fourth-order valence-electron chi connectivity index (χ4n) is 3.08. The van der Waals surface area contributed by atoms with E-state index in [4.69, 9.17) is 0 Å². The SMILES string of the molecule is CN(Cc1cccc2ccccc12)C(=O)c1nc(-c2cccs2)[nH]c(=O)c1O. The van der Waals surface area contributed by atoms with Gasteiger partial charge in [0.05, 0.1) is 4.88 Å². The van der Waals surface area contributed by atoms with Crippen LogP contribution < -0.4 is 5.56 Å². The van der Waals surface area contributed by atoms with Crippen molar-refractivity contribution in [1.29, 1.82) is 0 Å². The first-order valence-electron chi connectivity index (χ1n) is 8.64. The Hall–Kier alpha value is -3.45. The molecule has 140 valence electrons. The van der Waals surface area contributed by atoms with Gasteiger partial charge in [-0.2, -0.15) is 0 Å². The molecule has 0 atom stereocenters. The number of amides is 1. The number of carbonyl (C=O) groups excluding carboxylic acids is 1. The van der Waals surface area contributed by atoms with E-state index in [0.29, 0.717) is 11.4 Å². The lowest BCUT2D eigenvalue weighted by Crippen LogP contribution is -2.29. The molecule has 0 saturated heterocycles. The molecular weight excluding hydrogens is 374 g/mol. The average Bonchev–Trinajstić information content (AvgIpc) is 3.24. The molecule has 2 aromatic carbocycles. The van der Waals surface area contributed by atoms with E-state index in [1.54, 1.807) is 13.1 Å². The predicted molar refractivity (Wildman–Crippen MR) is 110 cm³/mol. The van der Waals surface area contributed by atoms with Crippen molar-refractivity contribution in [2.24, 2.45) is 0 Å². The average molecular weight is 391 g/mol. The van der Waals surface area contributed by atoms with Crippen LogP contribution in [0.5, 0.6) is 5.75 Å². The summed E-state index contributed by atoms with van der Waals surface area (Å²) in [7, 11) is 1.62. The number of H-pyrrole nitrogens is 1. The van der Waals surface area contributed by atoms with Crippen LogP contribution in [0.2, 0.25) is 0 Å². The molecule has 0 unspecified atom stereocenters. The van der Waals surface area contributed by atoms with Crippen LogP contribution in [-0.4, -0.2) is 32.9 Å². The molecular formula is C21H17N3O3S. The minimum atomic E-state index is -0.736. The number of aromatic hydroxyl groups is 1. The molecule has 2 aromatic heterocycles. The number of rotatable bonds is 4. The second-order valence-electron chi connectivity index (χ2n) is 6.39. The summed E-state index contributed by atoms with van der Waals surface area (Å²) in [4.78, 5) is 33.9. The highest BCUT2D eigenvalue weighted by atomic mass is 32.1. The van der Waals surface area contributed by atoms with Gasteiger partial charge >= 0.3 is 0 Å². The standard InChI is InChI=1S/C21H17N3O3S/c1-24(12-14-8-4-7-13-6-2-3-9-15(13)14)21(27)17-18(25)20(26)23-19(22-17)16-10-5-11-28-16/h2-11,25H,12H2,1H3,(H,22,23,26). The fraction of sp³-hybridized carbons (Fsp3) is 0.0952. The zero-order valence-electron chi connectivity index (χ0n) is 15.0. The van der Waals surface area contributed by atoms with Gasteiger partial charge in [-0.05, 0) is 27.8 Å². The molecule has 2 heterocycles. The van der Waals surface area contributed by atoms with Gasteiger partial charge < -0.3 is 15.0 Å². The third kappa shape index (κ3) is 3.27. The summed E-state index contributed by atoms with van der Waals surface area (Å²) in [5.41, 5.74) is -0.0213. The van der Waals surface area contributed by atoms with E-state index in [9.17, 15) is 14.7 Å². The third-order valence-electron chi connectivity index (χ3n) is 4.49. The summed E-state index contributed by atoms with van der Waals surface area (Å²) >= 11 is 1.38. The monoisotopic (exact) mass is 391 g/mol. The lowest BCUT2D eigenvalue weighted by atomic mass is 10.0. The van der Waals surface area contributed by atoms with Gasteiger partial charge in [0.15, 0.2) is 11.5 Å². The van der Waals surface area contributed by atoms with Gasteiger partial charge in [0.25, 0.3) is 11.5 Å². The van der Waals surface area contributed by atoms with Crippen LogP contribution in [0.25, 0.3) is 21.5 Å². The fourth-order valence-corrected chi connectivity index (χ4v) is 3.75. The molecule has 2 N–H and O–H groups in total. The first kappa shape index (κ1) is 17.9. The van der Waals surface area contributed by atoms with E-state index in [0.717, 1.165) is 16.3 Å². The van der Waals surface area contributed by atoms with Crippen LogP contribution in [-0.2, 0) is 6.54 Å². The summed E-state index contributed by atoms with van der Waals surface area (Å²) in [5, 5.41) is 14.1. The molecule has 28 heavy (non-hydrogen) atoms. The maximum atomic E-state index is 12.9. The number of aromatic nitrogens is 2. The Morgan fingerprint density at radius 2 is 1.93 bits per heavy atom. The van der Waals surface area contributed by atoms with E-state index in [1.807, 2.05) is 53.9 Å². The minimum Gasteiger partial charge on any atom is -0.501 e. The van der Waals surface area contributed by atoms with Gasteiger partial charge in [0.2, 0.25) is 5.75 Å². The second kappa shape index (κ2) is 7.28. The molecule has 0 radical (unpaired) electrons. The highest BCUT2D eigenvalue weighted by Gasteiger charge is 2.22. The zero-order valence-corrected chi connectivity index (χ0v) is 15.9. The molecule has 6 nitrogen and oxygen atoms in total. The number of hydrogen-bond donors (Lipinski definition) is 2. The van der Waals surface area contributed by atoms with E-state index in [-0.39, 0.29) is 11.5 Å². The number of hydrogen-bond acceptors (Lipinski definition) is 5. The summed E-state index contributed by atoms with van der Waals surface area (Å²) in [6.07, 6.45) is 0. The number of nitrogens with one attached hydrogen (secondary N) is 1. The number of thiophene rings is 1. The van der Waals surface area contributed by atoms with E-state index in [1.165, 1.54) is 16.2 Å². The van der Waals surface area contributed by atoms with Gasteiger partial charge in [-0.3, -0.25) is 9.59 Å². The maximum absolute atomic E-state index is 12.9. The largest absolute Gasteiger partial charge is 0.501 e. The van der Waals surface area contributed by atoms with Crippen LogP contribution in [0.3, 0.4) is 0 Å². The van der Waals surface area contributed by atoms with Crippen LogP contribution in [0, 0.1) is 0 Å². The van der Waals surface area contributed by atoms with E-state index in [2.05, 4.69) is 9.97 Å². The molecule has 0 aliphatic rings.